The van der Waals surface area contributed by atoms with Crippen molar-refractivity contribution in [1.82, 2.24) is 4.98 Å². The second-order valence-corrected chi connectivity index (χ2v) is 5.75. The summed E-state index contributed by atoms with van der Waals surface area (Å²) in [7, 11) is 0. The van der Waals surface area contributed by atoms with E-state index >= 15 is 0 Å². The van der Waals surface area contributed by atoms with E-state index in [4.69, 9.17) is 4.74 Å². The van der Waals surface area contributed by atoms with Crippen molar-refractivity contribution in [1.29, 1.82) is 0 Å². The highest BCUT2D eigenvalue weighted by Crippen LogP contribution is 2.27. The second-order valence-electron chi connectivity index (χ2n) is 3.61. The van der Waals surface area contributed by atoms with Gasteiger partial charge in [0.2, 0.25) is 0 Å². The molecule has 2 aromatic rings. The highest BCUT2D eigenvalue weighted by molar-refractivity contribution is 9.10. The quantitative estimate of drug-likeness (QED) is 0.845. The number of ether oxygens (including phenoxy) is 1. The summed E-state index contributed by atoms with van der Waals surface area (Å²) >= 11 is 4.91. The summed E-state index contributed by atoms with van der Waals surface area (Å²) in [6, 6.07) is 4.37. The molecule has 17 heavy (non-hydrogen) atoms. The van der Waals surface area contributed by atoms with E-state index in [1.54, 1.807) is 17.4 Å². The summed E-state index contributed by atoms with van der Waals surface area (Å²) in [5.41, 5.74) is 1.02. The minimum atomic E-state index is -0.310. The van der Waals surface area contributed by atoms with Crippen LogP contribution >= 0.6 is 27.3 Å². The summed E-state index contributed by atoms with van der Waals surface area (Å²) in [4.78, 5) is 5.54. The van der Waals surface area contributed by atoms with Crippen LogP contribution in [0.1, 0.15) is 15.6 Å². The molecule has 0 fully saturated rings. The lowest BCUT2D eigenvalue weighted by molar-refractivity contribution is 0.302. The number of aryl methyl sites for hydroxylation is 2. The van der Waals surface area contributed by atoms with Crippen molar-refractivity contribution in [3.05, 3.63) is 44.1 Å². The molecule has 5 heteroatoms. The van der Waals surface area contributed by atoms with Gasteiger partial charge >= 0.3 is 0 Å². The Bertz CT molecular complexity index is 522. The van der Waals surface area contributed by atoms with Gasteiger partial charge in [-0.25, -0.2) is 9.37 Å². The van der Waals surface area contributed by atoms with Crippen molar-refractivity contribution in [3.63, 3.8) is 0 Å². The predicted molar refractivity (Wildman–Crippen MR) is 70.0 cm³/mol. The van der Waals surface area contributed by atoms with Crippen LogP contribution in [0, 0.1) is 19.7 Å². The van der Waals surface area contributed by atoms with Gasteiger partial charge in [0.25, 0.3) is 0 Å². The molecule has 0 aliphatic carbocycles. The molecule has 0 unspecified atom stereocenters. The second kappa shape index (κ2) is 5.14. The molecule has 0 saturated heterocycles. The Balaban J connectivity index is 2.09. The average molecular weight is 316 g/mol. The monoisotopic (exact) mass is 315 g/mol. The molecule has 1 aromatic carbocycles. The van der Waals surface area contributed by atoms with Gasteiger partial charge in [0.15, 0.2) is 0 Å². The van der Waals surface area contributed by atoms with Crippen LogP contribution in [-0.4, -0.2) is 4.98 Å². The molecule has 0 saturated carbocycles. The van der Waals surface area contributed by atoms with Crippen LogP contribution in [0.25, 0.3) is 0 Å². The number of aromatic nitrogens is 1. The maximum atomic E-state index is 13.0. The molecule has 0 amide bonds. The van der Waals surface area contributed by atoms with Crippen LogP contribution in [0.4, 0.5) is 4.39 Å². The molecule has 2 nitrogen and oxygen atoms in total. The van der Waals surface area contributed by atoms with Crippen molar-refractivity contribution in [2.75, 3.05) is 0 Å². The maximum Gasteiger partial charge on any atom is 0.140 e. The lowest BCUT2D eigenvalue weighted by atomic mass is 10.3. The molecule has 2 rings (SSSR count). The van der Waals surface area contributed by atoms with Crippen LogP contribution in [0.5, 0.6) is 5.75 Å². The largest absolute Gasteiger partial charge is 0.485 e. The number of rotatable bonds is 3. The van der Waals surface area contributed by atoms with Gasteiger partial charge in [0, 0.05) is 10.9 Å². The first-order valence-electron chi connectivity index (χ1n) is 5.07. The van der Waals surface area contributed by atoms with Gasteiger partial charge < -0.3 is 4.74 Å². The predicted octanol–water partition coefficient (Wildman–Crippen LogP) is 4.24. The van der Waals surface area contributed by atoms with E-state index in [0.29, 0.717) is 12.4 Å². The maximum absolute atomic E-state index is 13.0. The molecule has 1 heterocycles. The number of hydrogen-bond acceptors (Lipinski definition) is 3. The van der Waals surface area contributed by atoms with Gasteiger partial charge in [-0.2, -0.15) is 0 Å². The molecule has 90 valence electrons. The van der Waals surface area contributed by atoms with Crippen molar-refractivity contribution in [2.24, 2.45) is 0 Å². The van der Waals surface area contributed by atoms with E-state index < -0.39 is 0 Å². The van der Waals surface area contributed by atoms with Crippen LogP contribution in [0.15, 0.2) is 22.7 Å². The molecular formula is C12H11BrFNOS. The summed E-state index contributed by atoms with van der Waals surface area (Å²) < 4.78 is 19.3. The Morgan fingerprint density at radius 1 is 1.41 bits per heavy atom. The van der Waals surface area contributed by atoms with Gasteiger partial charge in [-0.3, -0.25) is 0 Å². The zero-order valence-corrected chi connectivity index (χ0v) is 11.9. The molecule has 0 N–H and O–H groups in total. The molecule has 0 aliphatic heterocycles. The lowest BCUT2D eigenvalue weighted by Gasteiger charge is -2.06. The molecule has 0 bridgehead atoms. The highest BCUT2D eigenvalue weighted by atomic mass is 79.9. The minimum Gasteiger partial charge on any atom is -0.485 e. The zero-order valence-electron chi connectivity index (χ0n) is 9.46. The Morgan fingerprint density at radius 2 is 2.18 bits per heavy atom. The Hall–Kier alpha value is -0.940. The first-order chi connectivity index (χ1) is 8.06. The number of hydrogen-bond donors (Lipinski definition) is 0. The number of benzene rings is 1. The molecular weight excluding hydrogens is 305 g/mol. The van der Waals surface area contributed by atoms with Gasteiger partial charge in [-0.1, -0.05) is 0 Å². The van der Waals surface area contributed by atoms with E-state index in [0.717, 1.165) is 15.2 Å². The molecule has 1 aromatic heterocycles. The van der Waals surface area contributed by atoms with E-state index in [1.165, 1.54) is 17.0 Å². The third kappa shape index (κ3) is 3.04. The van der Waals surface area contributed by atoms with Crippen LogP contribution in [0.3, 0.4) is 0 Å². The highest BCUT2D eigenvalue weighted by Gasteiger charge is 2.07. The third-order valence-electron chi connectivity index (χ3n) is 2.32. The van der Waals surface area contributed by atoms with Gasteiger partial charge in [-0.15, -0.1) is 11.3 Å². The van der Waals surface area contributed by atoms with E-state index in [1.807, 2.05) is 13.8 Å². The fourth-order valence-electron chi connectivity index (χ4n) is 1.33. The summed E-state index contributed by atoms with van der Waals surface area (Å²) in [5.74, 6) is 0.185. The van der Waals surface area contributed by atoms with Crippen molar-refractivity contribution in [3.8, 4) is 5.75 Å². The number of thiazole rings is 1. The molecule has 0 spiro atoms. The molecule has 0 radical (unpaired) electrons. The van der Waals surface area contributed by atoms with Crippen molar-refractivity contribution >= 4 is 27.3 Å². The van der Waals surface area contributed by atoms with Crippen LogP contribution in [0.2, 0.25) is 0 Å². The third-order valence-corrected chi connectivity index (χ3v) is 4.02. The normalized spacial score (nSPS) is 10.6. The Kier molecular flexibility index (Phi) is 3.79. The fraction of sp³-hybridized carbons (Fsp3) is 0.250. The average Bonchev–Trinajstić information content (AvgIpc) is 2.60. The lowest BCUT2D eigenvalue weighted by Crippen LogP contribution is -1.96. The first kappa shape index (κ1) is 12.5. The van der Waals surface area contributed by atoms with Crippen molar-refractivity contribution < 1.29 is 9.13 Å². The first-order valence-corrected chi connectivity index (χ1v) is 6.68. The minimum absolute atomic E-state index is 0.310. The number of halogens is 2. The van der Waals surface area contributed by atoms with Gasteiger partial charge in [0.1, 0.15) is 23.2 Å². The number of nitrogens with zero attached hydrogens (tertiary/aromatic N) is 1. The Labute approximate surface area is 112 Å². The van der Waals surface area contributed by atoms with E-state index in [9.17, 15) is 4.39 Å². The summed E-state index contributed by atoms with van der Waals surface area (Å²) in [5, 5.41) is 0.899. The standard InChI is InChI=1S/C12H11BrFNOS/c1-7-8(2)17-12(15-7)6-16-11-5-9(14)3-4-10(11)13/h3-5H,6H2,1-2H3. The molecule has 0 aliphatic rings. The molecule has 0 atom stereocenters. The van der Waals surface area contributed by atoms with E-state index in [2.05, 4.69) is 20.9 Å². The van der Waals surface area contributed by atoms with Gasteiger partial charge in [0.05, 0.1) is 10.2 Å². The van der Waals surface area contributed by atoms with E-state index in [-0.39, 0.29) is 5.82 Å². The summed E-state index contributed by atoms with van der Waals surface area (Å²) in [6.07, 6.45) is 0. The smallest absolute Gasteiger partial charge is 0.140 e. The van der Waals surface area contributed by atoms with Crippen LogP contribution in [-0.2, 0) is 6.61 Å². The van der Waals surface area contributed by atoms with Crippen LogP contribution < -0.4 is 4.74 Å². The Morgan fingerprint density at radius 3 is 2.82 bits per heavy atom. The summed E-state index contributed by atoms with van der Waals surface area (Å²) in [6.45, 7) is 4.35. The zero-order chi connectivity index (χ0) is 12.4. The SMILES string of the molecule is Cc1nc(COc2cc(F)ccc2Br)sc1C. The topological polar surface area (TPSA) is 22.1 Å². The fourth-order valence-corrected chi connectivity index (χ4v) is 2.54. The van der Waals surface area contributed by atoms with Gasteiger partial charge in [-0.05, 0) is 41.9 Å². The van der Waals surface area contributed by atoms with Crippen molar-refractivity contribution in [2.45, 2.75) is 20.5 Å².